The average Bonchev–Trinajstić information content (AvgIpc) is 2.49. The first kappa shape index (κ1) is 16.4. The van der Waals surface area contributed by atoms with Crippen LogP contribution in [-0.4, -0.2) is 17.1 Å². The van der Waals surface area contributed by atoms with Gasteiger partial charge < -0.3 is 10.5 Å². The number of hydrogen-bond donors (Lipinski definition) is 2. The van der Waals surface area contributed by atoms with Crippen molar-refractivity contribution >= 4 is 17.7 Å². The molecule has 0 bridgehead atoms. The summed E-state index contributed by atoms with van der Waals surface area (Å²) in [6.07, 6.45) is 2.40. The zero-order chi connectivity index (χ0) is 16.3. The Balaban J connectivity index is 2.50. The van der Waals surface area contributed by atoms with Crippen LogP contribution in [0.3, 0.4) is 0 Å². The normalized spacial score (nSPS) is 11.0. The molecule has 3 N–H and O–H groups in total. The summed E-state index contributed by atoms with van der Waals surface area (Å²) in [5.41, 5.74) is 7.62. The van der Waals surface area contributed by atoms with E-state index in [0.717, 1.165) is 17.1 Å². The molecule has 22 heavy (non-hydrogen) atoms. The summed E-state index contributed by atoms with van der Waals surface area (Å²) in [5, 5.41) is 0. The number of aromatic amines is 1. The van der Waals surface area contributed by atoms with Gasteiger partial charge in [-0.15, -0.1) is 0 Å². The summed E-state index contributed by atoms with van der Waals surface area (Å²) in [5.74, 6) is 1.31. The minimum absolute atomic E-state index is 0.123. The highest BCUT2D eigenvalue weighted by Gasteiger charge is 2.15. The van der Waals surface area contributed by atoms with E-state index in [4.69, 9.17) is 10.5 Å². The highest BCUT2D eigenvalue weighted by Crippen LogP contribution is 2.37. The van der Waals surface area contributed by atoms with Gasteiger partial charge in [-0.2, -0.15) is 0 Å². The lowest BCUT2D eigenvalue weighted by Crippen LogP contribution is -2.12. The van der Waals surface area contributed by atoms with Gasteiger partial charge in [0.15, 0.2) is 5.95 Å². The first-order valence-corrected chi connectivity index (χ1v) is 8.01. The maximum atomic E-state index is 12.0. The zero-order valence-electron chi connectivity index (χ0n) is 13.3. The summed E-state index contributed by atoms with van der Waals surface area (Å²) >= 11 is 1.38. The minimum Gasteiger partial charge on any atom is -0.496 e. The second-order valence-electron chi connectivity index (χ2n) is 5.27. The molecule has 0 saturated heterocycles. The first-order valence-electron chi connectivity index (χ1n) is 7.19. The maximum Gasteiger partial charge on any atom is 0.266 e. The number of hydrogen-bond acceptors (Lipinski definition) is 5. The first-order chi connectivity index (χ1) is 10.5. The molecule has 1 aromatic heterocycles. The quantitative estimate of drug-likeness (QED) is 0.884. The largest absolute Gasteiger partial charge is 0.496 e. The van der Waals surface area contributed by atoms with Crippen LogP contribution in [0.1, 0.15) is 37.8 Å². The molecule has 6 heteroatoms. The van der Waals surface area contributed by atoms with Gasteiger partial charge in [-0.05, 0) is 29.5 Å². The average molecular weight is 319 g/mol. The van der Waals surface area contributed by atoms with Gasteiger partial charge in [0.05, 0.1) is 18.2 Å². The second-order valence-corrected chi connectivity index (χ2v) is 6.36. The van der Waals surface area contributed by atoms with Crippen molar-refractivity contribution in [3.8, 4) is 5.75 Å². The van der Waals surface area contributed by atoms with Crippen LogP contribution in [0, 0.1) is 0 Å². The van der Waals surface area contributed by atoms with E-state index in [-0.39, 0.29) is 11.5 Å². The molecular formula is C16H21N3O2S. The van der Waals surface area contributed by atoms with Crippen LogP contribution in [0.5, 0.6) is 5.75 Å². The number of rotatable bonds is 5. The van der Waals surface area contributed by atoms with Crippen molar-refractivity contribution in [3.05, 3.63) is 39.8 Å². The number of nitrogen functional groups attached to an aromatic ring is 1. The van der Waals surface area contributed by atoms with Gasteiger partial charge in [0, 0.05) is 4.90 Å². The van der Waals surface area contributed by atoms with E-state index in [1.165, 1.54) is 29.1 Å². The standard InChI is InChI=1S/C16H21N3O2S/c1-5-10-6-11(9(2)3)13(7-12(10)21-4)22-14-8-18-16(17)19-15(14)20/h6-9H,5H2,1-4H3,(H3,17,18,19,20). The van der Waals surface area contributed by atoms with Crippen molar-refractivity contribution in [1.82, 2.24) is 9.97 Å². The van der Waals surface area contributed by atoms with E-state index in [2.05, 4.69) is 36.8 Å². The van der Waals surface area contributed by atoms with Gasteiger partial charge >= 0.3 is 0 Å². The smallest absolute Gasteiger partial charge is 0.266 e. The van der Waals surface area contributed by atoms with Crippen molar-refractivity contribution < 1.29 is 4.74 Å². The van der Waals surface area contributed by atoms with Gasteiger partial charge in [0.25, 0.3) is 5.56 Å². The molecule has 0 atom stereocenters. The lowest BCUT2D eigenvalue weighted by molar-refractivity contribution is 0.408. The lowest BCUT2D eigenvalue weighted by Gasteiger charge is -2.17. The van der Waals surface area contributed by atoms with Crippen molar-refractivity contribution in [2.75, 3.05) is 12.8 Å². The van der Waals surface area contributed by atoms with Crippen LogP contribution in [-0.2, 0) is 6.42 Å². The van der Waals surface area contributed by atoms with Crippen molar-refractivity contribution in [1.29, 1.82) is 0 Å². The monoisotopic (exact) mass is 319 g/mol. The SMILES string of the molecule is CCc1cc(C(C)C)c(Sc2cnc(N)[nH]c2=O)cc1OC. The Morgan fingerprint density at radius 1 is 1.36 bits per heavy atom. The molecule has 0 saturated carbocycles. The van der Waals surface area contributed by atoms with Crippen molar-refractivity contribution in [2.24, 2.45) is 0 Å². The van der Waals surface area contributed by atoms with Crippen LogP contribution < -0.4 is 16.0 Å². The molecule has 0 aliphatic heterocycles. The molecule has 1 aromatic carbocycles. The van der Waals surface area contributed by atoms with Gasteiger partial charge in [-0.3, -0.25) is 9.78 Å². The summed E-state index contributed by atoms with van der Waals surface area (Å²) in [6, 6.07) is 4.15. The van der Waals surface area contributed by atoms with Crippen LogP contribution >= 0.6 is 11.8 Å². The van der Waals surface area contributed by atoms with Crippen LogP contribution in [0.4, 0.5) is 5.95 Å². The number of methoxy groups -OCH3 is 1. The van der Waals surface area contributed by atoms with Gasteiger partial charge in [-0.1, -0.05) is 38.6 Å². The molecule has 1 heterocycles. The van der Waals surface area contributed by atoms with Crippen molar-refractivity contribution in [3.63, 3.8) is 0 Å². The highest BCUT2D eigenvalue weighted by molar-refractivity contribution is 7.99. The van der Waals surface area contributed by atoms with Crippen molar-refractivity contribution in [2.45, 2.75) is 42.9 Å². The maximum absolute atomic E-state index is 12.0. The molecule has 0 aliphatic rings. The van der Waals surface area contributed by atoms with Gasteiger partial charge in [-0.25, -0.2) is 4.98 Å². The third-order valence-corrected chi connectivity index (χ3v) is 4.51. The molecule has 118 valence electrons. The fourth-order valence-corrected chi connectivity index (χ4v) is 3.28. The molecule has 0 aliphatic carbocycles. The van der Waals surface area contributed by atoms with Crippen LogP contribution in [0.2, 0.25) is 0 Å². The molecule has 0 spiro atoms. The Kier molecular flexibility index (Phi) is 5.13. The number of nitrogens with zero attached hydrogens (tertiary/aromatic N) is 1. The topological polar surface area (TPSA) is 81.0 Å². The van der Waals surface area contributed by atoms with Crippen LogP contribution in [0.15, 0.2) is 32.9 Å². The minimum atomic E-state index is -0.231. The molecule has 0 unspecified atom stereocenters. The van der Waals surface area contributed by atoms with E-state index in [1.807, 2.05) is 6.07 Å². The summed E-state index contributed by atoms with van der Waals surface area (Å²) < 4.78 is 5.46. The number of aryl methyl sites for hydroxylation is 1. The number of anilines is 1. The Hall–Kier alpha value is -1.95. The number of nitrogens with one attached hydrogen (secondary N) is 1. The van der Waals surface area contributed by atoms with Gasteiger partial charge in [0.1, 0.15) is 5.75 Å². The van der Waals surface area contributed by atoms with E-state index >= 15 is 0 Å². The van der Waals surface area contributed by atoms with E-state index < -0.39 is 0 Å². The molecule has 2 aromatic rings. The van der Waals surface area contributed by atoms with E-state index in [9.17, 15) is 4.79 Å². The molecule has 0 radical (unpaired) electrons. The predicted octanol–water partition coefficient (Wildman–Crippen LogP) is 3.20. The fourth-order valence-electron chi connectivity index (χ4n) is 2.22. The highest BCUT2D eigenvalue weighted by atomic mass is 32.2. The zero-order valence-corrected chi connectivity index (χ0v) is 14.1. The van der Waals surface area contributed by atoms with E-state index in [1.54, 1.807) is 7.11 Å². The Morgan fingerprint density at radius 2 is 2.09 bits per heavy atom. The Bertz CT molecular complexity index is 726. The Morgan fingerprint density at radius 3 is 2.64 bits per heavy atom. The summed E-state index contributed by atoms with van der Waals surface area (Å²) in [7, 11) is 1.66. The number of benzene rings is 1. The lowest BCUT2D eigenvalue weighted by atomic mass is 9.99. The molecule has 5 nitrogen and oxygen atoms in total. The molecule has 2 rings (SSSR count). The van der Waals surface area contributed by atoms with Crippen LogP contribution in [0.25, 0.3) is 0 Å². The number of nitrogens with two attached hydrogens (primary N) is 1. The van der Waals surface area contributed by atoms with Gasteiger partial charge in [0.2, 0.25) is 0 Å². The fraction of sp³-hybridized carbons (Fsp3) is 0.375. The second kappa shape index (κ2) is 6.87. The molecule has 0 amide bonds. The number of aromatic nitrogens is 2. The summed E-state index contributed by atoms with van der Waals surface area (Å²) in [6.45, 7) is 6.37. The Labute approximate surface area is 134 Å². The third kappa shape index (κ3) is 3.44. The van der Waals surface area contributed by atoms with E-state index in [0.29, 0.717) is 10.8 Å². The molecular weight excluding hydrogens is 298 g/mol. The summed E-state index contributed by atoms with van der Waals surface area (Å²) in [4.78, 5) is 20.0. The number of H-pyrrole nitrogens is 1. The third-order valence-electron chi connectivity index (χ3n) is 3.42. The molecule has 0 fully saturated rings. The predicted molar refractivity (Wildman–Crippen MR) is 89.9 cm³/mol. The number of ether oxygens (including phenoxy) is 1.